The largest absolute Gasteiger partial charge is 0.324 e. The van der Waals surface area contributed by atoms with Gasteiger partial charge in [0.1, 0.15) is 5.82 Å². The van der Waals surface area contributed by atoms with E-state index in [4.69, 9.17) is 23.2 Å². The van der Waals surface area contributed by atoms with E-state index in [0.29, 0.717) is 11.9 Å². The van der Waals surface area contributed by atoms with Crippen LogP contribution in [0.15, 0.2) is 18.2 Å². The summed E-state index contributed by atoms with van der Waals surface area (Å²) in [6.07, 6.45) is 2.49. The van der Waals surface area contributed by atoms with Crippen LogP contribution in [0.1, 0.15) is 18.7 Å². The van der Waals surface area contributed by atoms with Gasteiger partial charge in [0.25, 0.3) is 0 Å². The fourth-order valence-corrected chi connectivity index (χ4v) is 3.38. The third kappa shape index (κ3) is 2.35. The SMILES string of the molecule is CN1CCCC1Cn1c(CCl)nc2cccc(Cl)c21. The van der Waals surface area contributed by atoms with Gasteiger partial charge in [-0.2, -0.15) is 0 Å². The minimum absolute atomic E-state index is 0.418. The number of para-hydroxylation sites is 1. The van der Waals surface area contributed by atoms with Crippen LogP contribution >= 0.6 is 23.2 Å². The highest BCUT2D eigenvalue weighted by Gasteiger charge is 2.23. The minimum atomic E-state index is 0.418. The second-order valence-electron chi connectivity index (χ2n) is 5.16. The zero-order chi connectivity index (χ0) is 13.4. The topological polar surface area (TPSA) is 21.1 Å². The second-order valence-corrected chi connectivity index (χ2v) is 5.83. The van der Waals surface area contributed by atoms with Gasteiger partial charge < -0.3 is 9.47 Å². The van der Waals surface area contributed by atoms with E-state index in [2.05, 4.69) is 21.5 Å². The van der Waals surface area contributed by atoms with E-state index in [1.807, 2.05) is 18.2 Å². The Morgan fingerprint density at radius 3 is 2.95 bits per heavy atom. The van der Waals surface area contributed by atoms with Crippen molar-refractivity contribution in [2.45, 2.75) is 31.3 Å². The van der Waals surface area contributed by atoms with Gasteiger partial charge in [-0.05, 0) is 38.6 Å². The maximum Gasteiger partial charge on any atom is 0.124 e. The van der Waals surface area contributed by atoms with Crippen molar-refractivity contribution in [1.29, 1.82) is 0 Å². The van der Waals surface area contributed by atoms with E-state index in [0.717, 1.165) is 28.4 Å². The Morgan fingerprint density at radius 2 is 2.26 bits per heavy atom. The summed E-state index contributed by atoms with van der Waals surface area (Å²) in [5.74, 6) is 1.33. The molecule has 0 spiro atoms. The number of fused-ring (bicyclic) bond motifs is 1. The lowest BCUT2D eigenvalue weighted by Crippen LogP contribution is -2.29. The number of benzene rings is 1. The minimum Gasteiger partial charge on any atom is -0.324 e. The Labute approximate surface area is 123 Å². The zero-order valence-electron chi connectivity index (χ0n) is 10.9. The van der Waals surface area contributed by atoms with Crippen LogP contribution in [0.3, 0.4) is 0 Å². The number of hydrogen-bond donors (Lipinski definition) is 0. The summed E-state index contributed by atoms with van der Waals surface area (Å²) in [5, 5.41) is 0.752. The number of hydrogen-bond acceptors (Lipinski definition) is 2. The van der Waals surface area contributed by atoms with Crippen LogP contribution in [-0.2, 0) is 12.4 Å². The Balaban J connectivity index is 2.05. The molecule has 0 N–H and O–H groups in total. The summed E-state index contributed by atoms with van der Waals surface area (Å²) in [6.45, 7) is 2.08. The molecule has 3 rings (SSSR count). The van der Waals surface area contributed by atoms with Crippen molar-refractivity contribution in [3.05, 3.63) is 29.0 Å². The van der Waals surface area contributed by atoms with Gasteiger partial charge in [-0.25, -0.2) is 4.98 Å². The number of aromatic nitrogens is 2. The lowest BCUT2D eigenvalue weighted by molar-refractivity contribution is 0.282. The molecular formula is C14H17Cl2N3. The maximum absolute atomic E-state index is 6.34. The maximum atomic E-state index is 6.34. The van der Waals surface area contributed by atoms with Crippen LogP contribution in [0.25, 0.3) is 11.0 Å². The molecule has 1 fully saturated rings. The number of alkyl halides is 1. The summed E-state index contributed by atoms with van der Waals surface area (Å²) in [6, 6.07) is 6.39. The van der Waals surface area contributed by atoms with Crippen molar-refractivity contribution in [3.8, 4) is 0 Å². The fourth-order valence-electron chi connectivity index (χ4n) is 2.91. The highest BCUT2D eigenvalue weighted by molar-refractivity contribution is 6.35. The molecule has 1 aliphatic heterocycles. The smallest absolute Gasteiger partial charge is 0.124 e. The summed E-state index contributed by atoms with van der Waals surface area (Å²) in [4.78, 5) is 6.99. The molecule has 1 unspecified atom stereocenters. The number of likely N-dealkylation sites (tertiary alicyclic amines) is 1. The average molecular weight is 298 g/mol. The molecule has 3 nitrogen and oxygen atoms in total. The quantitative estimate of drug-likeness (QED) is 0.808. The van der Waals surface area contributed by atoms with Gasteiger partial charge in [-0.1, -0.05) is 17.7 Å². The van der Waals surface area contributed by atoms with Gasteiger partial charge in [-0.3, -0.25) is 0 Å². The molecule has 1 aliphatic rings. The molecule has 0 bridgehead atoms. The first kappa shape index (κ1) is 13.2. The Hall–Kier alpha value is -0.770. The van der Waals surface area contributed by atoms with E-state index < -0.39 is 0 Å². The van der Waals surface area contributed by atoms with Crippen molar-refractivity contribution in [2.75, 3.05) is 13.6 Å². The van der Waals surface area contributed by atoms with Crippen LogP contribution in [0, 0.1) is 0 Å². The molecule has 0 saturated carbocycles. The van der Waals surface area contributed by atoms with E-state index in [1.54, 1.807) is 0 Å². The van der Waals surface area contributed by atoms with E-state index >= 15 is 0 Å². The molecule has 0 amide bonds. The average Bonchev–Trinajstić information content (AvgIpc) is 2.96. The molecule has 5 heteroatoms. The lowest BCUT2D eigenvalue weighted by Gasteiger charge is -2.21. The Bertz CT molecular complexity index is 594. The third-order valence-electron chi connectivity index (χ3n) is 3.98. The van der Waals surface area contributed by atoms with Crippen molar-refractivity contribution < 1.29 is 0 Å². The number of likely N-dealkylation sites (N-methyl/N-ethyl adjacent to an activating group) is 1. The molecule has 1 aromatic heterocycles. The highest BCUT2D eigenvalue weighted by atomic mass is 35.5. The summed E-state index contributed by atoms with van der Waals surface area (Å²) in [7, 11) is 2.18. The molecule has 2 heterocycles. The first-order valence-corrected chi connectivity index (χ1v) is 7.52. The van der Waals surface area contributed by atoms with Crippen LogP contribution in [0.2, 0.25) is 5.02 Å². The standard InChI is InChI=1S/C14H17Cl2N3/c1-18-7-3-4-10(18)9-19-13(8-15)17-12-6-2-5-11(16)14(12)19/h2,5-6,10H,3-4,7-9H2,1H3. The van der Waals surface area contributed by atoms with Crippen LogP contribution in [0.4, 0.5) is 0 Å². The molecule has 2 aromatic rings. The van der Waals surface area contributed by atoms with Gasteiger partial charge in [0.05, 0.1) is 21.9 Å². The first-order valence-electron chi connectivity index (χ1n) is 6.60. The van der Waals surface area contributed by atoms with E-state index in [9.17, 15) is 0 Å². The molecule has 19 heavy (non-hydrogen) atoms. The molecule has 1 atom stereocenters. The van der Waals surface area contributed by atoms with Crippen molar-refractivity contribution >= 4 is 34.2 Å². The van der Waals surface area contributed by atoms with Gasteiger partial charge in [0, 0.05) is 12.6 Å². The van der Waals surface area contributed by atoms with E-state index in [1.165, 1.54) is 19.4 Å². The Kier molecular flexibility index (Phi) is 3.70. The van der Waals surface area contributed by atoms with Gasteiger partial charge >= 0.3 is 0 Å². The zero-order valence-corrected chi connectivity index (χ0v) is 12.5. The second kappa shape index (κ2) is 5.31. The predicted molar refractivity (Wildman–Crippen MR) is 80.0 cm³/mol. The predicted octanol–water partition coefficient (Wildman–Crippen LogP) is 3.52. The molecule has 1 aromatic carbocycles. The van der Waals surface area contributed by atoms with Gasteiger partial charge in [0.15, 0.2) is 0 Å². The summed E-state index contributed by atoms with van der Waals surface area (Å²) >= 11 is 12.4. The number of rotatable bonds is 3. The number of imidazole rings is 1. The normalized spacial score (nSPS) is 20.5. The third-order valence-corrected chi connectivity index (χ3v) is 4.52. The Morgan fingerprint density at radius 1 is 1.42 bits per heavy atom. The molecular weight excluding hydrogens is 281 g/mol. The molecule has 0 radical (unpaired) electrons. The molecule has 102 valence electrons. The van der Waals surface area contributed by atoms with Gasteiger partial charge in [-0.15, -0.1) is 11.6 Å². The van der Waals surface area contributed by atoms with Crippen molar-refractivity contribution in [1.82, 2.24) is 14.5 Å². The van der Waals surface area contributed by atoms with Gasteiger partial charge in [0.2, 0.25) is 0 Å². The lowest BCUT2D eigenvalue weighted by atomic mass is 10.2. The number of nitrogens with zero attached hydrogens (tertiary/aromatic N) is 3. The van der Waals surface area contributed by atoms with E-state index in [-0.39, 0.29) is 0 Å². The fraction of sp³-hybridized carbons (Fsp3) is 0.500. The molecule has 0 aliphatic carbocycles. The summed E-state index contributed by atoms with van der Waals surface area (Å²) < 4.78 is 2.19. The monoisotopic (exact) mass is 297 g/mol. The first-order chi connectivity index (χ1) is 9.20. The van der Waals surface area contributed by atoms with Crippen LogP contribution in [-0.4, -0.2) is 34.1 Å². The molecule has 1 saturated heterocycles. The highest BCUT2D eigenvalue weighted by Crippen LogP contribution is 2.27. The van der Waals surface area contributed by atoms with Crippen molar-refractivity contribution in [3.63, 3.8) is 0 Å². The summed E-state index contributed by atoms with van der Waals surface area (Å²) in [5.41, 5.74) is 1.95. The van der Waals surface area contributed by atoms with Crippen LogP contribution in [0.5, 0.6) is 0 Å². The van der Waals surface area contributed by atoms with Crippen molar-refractivity contribution in [2.24, 2.45) is 0 Å². The van der Waals surface area contributed by atoms with Crippen LogP contribution < -0.4 is 0 Å². The number of halogens is 2.